The molecule has 7 heteroatoms. The van der Waals surface area contributed by atoms with Crippen molar-refractivity contribution in [3.05, 3.63) is 56.7 Å². The number of hydrogen-bond acceptors (Lipinski definition) is 5. The van der Waals surface area contributed by atoms with Crippen LogP contribution in [0.2, 0.25) is 0 Å². The van der Waals surface area contributed by atoms with Crippen molar-refractivity contribution in [2.24, 2.45) is 0 Å². The van der Waals surface area contributed by atoms with E-state index in [0.717, 1.165) is 5.56 Å². The summed E-state index contributed by atoms with van der Waals surface area (Å²) in [5, 5.41) is 3.35. The number of carbonyl (C=O) groups excluding carboxylic acids is 1. The second-order valence-electron chi connectivity index (χ2n) is 4.93. The molecule has 3 aromatic heterocycles. The summed E-state index contributed by atoms with van der Waals surface area (Å²) in [5.74, 6) is 0.344. The van der Waals surface area contributed by atoms with Gasteiger partial charge in [0.1, 0.15) is 10.7 Å². The average Bonchev–Trinajstić information content (AvgIpc) is 2.83. The molecule has 2 N–H and O–H groups in total. The standard InChI is InChI=1S/C15H14N4O2S/c1-8-11-13(20)18-9(2)19-15(11)22-12(8)14(21)17-7-10-3-5-16-6-4-10/h3-6H,7H2,1-2H3,(H,17,21)(H,18,19,20). The Labute approximate surface area is 130 Å². The third-order valence-corrected chi connectivity index (χ3v) is 4.51. The number of fused-ring (bicyclic) bond motifs is 1. The maximum atomic E-state index is 12.3. The summed E-state index contributed by atoms with van der Waals surface area (Å²) in [6, 6.07) is 3.68. The quantitative estimate of drug-likeness (QED) is 0.773. The highest BCUT2D eigenvalue weighted by atomic mass is 32.1. The van der Waals surface area contributed by atoms with Crippen LogP contribution in [0.5, 0.6) is 0 Å². The molecule has 0 aliphatic carbocycles. The molecule has 0 bridgehead atoms. The van der Waals surface area contributed by atoms with E-state index < -0.39 is 0 Å². The van der Waals surface area contributed by atoms with Gasteiger partial charge in [0.05, 0.1) is 10.3 Å². The molecular formula is C15H14N4O2S. The zero-order valence-electron chi connectivity index (χ0n) is 12.1. The molecule has 0 saturated heterocycles. The molecule has 0 aromatic carbocycles. The maximum absolute atomic E-state index is 12.3. The minimum Gasteiger partial charge on any atom is -0.347 e. The molecule has 0 aliphatic rings. The molecule has 1 amide bonds. The lowest BCUT2D eigenvalue weighted by Crippen LogP contribution is -2.22. The van der Waals surface area contributed by atoms with Crippen molar-refractivity contribution in [3.8, 4) is 0 Å². The number of nitrogens with one attached hydrogen (secondary N) is 2. The normalized spacial score (nSPS) is 10.8. The van der Waals surface area contributed by atoms with Crippen LogP contribution >= 0.6 is 11.3 Å². The molecule has 0 atom stereocenters. The summed E-state index contributed by atoms with van der Waals surface area (Å²) >= 11 is 1.24. The third-order valence-electron chi connectivity index (χ3n) is 3.33. The first kappa shape index (κ1) is 14.4. The van der Waals surface area contributed by atoms with Gasteiger partial charge in [-0.3, -0.25) is 14.6 Å². The molecule has 0 unspecified atom stereocenters. The fourth-order valence-electron chi connectivity index (χ4n) is 2.23. The molecule has 3 heterocycles. The number of aryl methyl sites for hydroxylation is 2. The summed E-state index contributed by atoms with van der Waals surface area (Å²) in [5.41, 5.74) is 1.43. The van der Waals surface area contributed by atoms with E-state index in [4.69, 9.17) is 0 Å². The number of pyridine rings is 1. The Hall–Kier alpha value is -2.54. The van der Waals surface area contributed by atoms with Gasteiger partial charge in [0.25, 0.3) is 11.5 Å². The van der Waals surface area contributed by atoms with Crippen molar-refractivity contribution in [2.75, 3.05) is 0 Å². The summed E-state index contributed by atoms with van der Waals surface area (Å²) in [6.07, 6.45) is 3.36. The average molecular weight is 314 g/mol. The predicted molar refractivity (Wildman–Crippen MR) is 85.1 cm³/mol. The number of amides is 1. The summed E-state index contributed by atoms with van der Waals surface area (Å²) in [7, 11) is 0. The number of carbonyl (C=O) groups is 1. The van der Waals surface area contributed by atoms with E-state index in [1.165, 1.54) is 11.3 Å². The summed E-state index contributed by atoms with van der Waals surface area (Å²) in [6.45, 7) is 3.91. The number of thiophene rings is 1. The Bertz CT molecular complexity index is 899. The Morgan fingerprint density at radius 3 is 2.77 bits per heavy atom. The van der Waals surface area contributed by atoms with Gasteiger partial charge in [0, 0.05) is 18.9 Å². The van der Waals surface area contributed by atoms with Crippen LogP contribution in [0, 0.1) is 13.8 Å². The fraction of sp³-hybridized carbons (Fsp3) is 0.200. The number of aromatic nitrogens is 3. The zero-order valence-corrected chi connectivity index (χ0v) is 13.0. The smallest absolute Gasteiger partial charge is 0.261 e. The van der Waals surface area contributed by atoms with Gasteiger partial charge in [-0.1, -0.05) is 0 Å². The molecule has 0 saturated carbocycles. The van der Waals surface area contributed by atoms with Crippen LogP contribution in [0.4, 0.5) is 0 Å². The predicted octanol–water partition coefficient (Wildman–Crippen LogP) is 1.93. The van der Waals surface area contributed by atoms with Crippen LogP contribution in [0.25, 0.3) is 10.2 Å². The number of H-pyrrole nitrogens is 1. The summed E-state index contributed by atoms with van der Waals surface area (Å²) in [4.78, 5) is 36.4. The zero-order chi connectivity index (χ0) is 15.7. The number of nitrogens with zero attached hydrogens (tertiary/aromatic N) is 2. The van der Waals surface area contributed by atoms with Crippen LogP contribution in [0.15, 0.2) is 29.3 Å². The molecule has 3 rings (SSSR count). The van der Waals surface area contributed by atoms with Crippen molar-refractivity contribution in [3.63, 3.8) is 0 Å². The molecular weight excluding hydrogens is 300 g/mol. The van der Waals surface area contributed by atoms with Gasteiger partial charge in [-0.05, 0) is 37.1 Å². The van der Waals surface area contributed by atoms with Crippen molar-refractivity contribution >= 4 is 27.5 Å². The monoisotopic (exact) mass is 314 g/mol. The molecule has 0 radical (unpaired) electrons. The van der Waals surface area contributed by atoms with Gasteiger partial charge in [-0.15, -0.1) is 11.3 Å². The van der Waals surface area contributed by atoms with Gasteiger partial charge in [-0.25, -0.2) is 4.98 Å². The maximum Gasteiger partial charge on any atom is 0.261 e. The van der Waals surface area contributed by atoms with Crippen molar-refractivity contribution in [1.82, 2.24) is 20.3 Å². The Kier molecular flexibility index (Phi) is 3.72. The lowest BCUT2D eigenvalue weighted by Gasteiger charge is -2.04. The Morgan fingerprint density at radius 1 is 1.32 bits per heavy atom. The molecule has 6 nitrogen and oxygen atoms in total. The van der Waals surface area contributed by atoms with Gasteiger partial charge in [0.2, 0.25) is 0 Å². The van der Waals surface area contributed by atoms with Gasteiger partial charge in [-0.2, -0.15) is 0 Å². The highest BCUT2D eigenvalue weighted by Crippen LogP contribution is 2.26. The van der Waals surface area contributed by atoms with Crippen LogP contribution in [0.3, 0.4) is 0 Å². The SMILES string of the molecule is Cc1nc2sc(C(=O)NCc3ccncc3)c(C)c2c(=O)[nH]1. The first-order valence-electron chi connectivity index (χ1n) is 6.73. The van der Waals surface area contributed by atoms with E-state index in [0.29, 0.717) is 33.0 Å². The van der Waals surface area contributed by atoms with E-state index in [2.05, 4.69) is 20.3 Å². The molecule has 0 aliphatic heterocycles. The second-order valence-corrected chi connectivity index (χ2v) is 5.92. The van der Waals surface area contributed by atoms with Gasteiger partial charge >= 0.3 is 0 Å². The number of hydrogen-bond donors (Lipinski definition) is 2. The van der Waals surface area contributed by atoms with Crippen LogP contribution in [0.1, 0.15) is 26.6 Å². The van der Waals surface area contributed by atoms with Crippen LogP contribution in [-0.4, -0.2) is 20.9 Å². The van der Waals surface area contributed by atoms with E-state index in [1.54, 1.807) is 26.2 Å². The molecule has 112 valence electrons. The first-order valence-corrected chi connectivity index (χ1v) is 7.55. The van der Waals surface area contributed by atoms with Crippen LogP contribution < -0.4 is 10.9 Å². The molecule has 3 aromatic rings. The van der Waals surface area contributed by atoms with E-state index in [1.807, 2.05) is 12.1 Å². The van der Waals surface area contributed by atoms with Crippen molar-refractivity contribution < 1.29 is 4.79 Å². The lowest BCUT2D eigenvalue weighted by atomic mass is 10.2. The first-order chi connectivity index (χ1) is 10.6. The highest BCUT2D eigenvalue weighted by molar-refractivity contribution is 7.20. The minimum absolute atomic E-state index is 0.200. The van der Waals surface area contributed by atoms with Gasteiger partial charge < -0.3 is 10.3 Å². The lowest BCUT2D eigenvalue weighted by molar-refractivity contribution is 0.0954. The van der Waals surface area contributed by atoms with E-state index >= 15 is 0 Å². The highest BCUT2D eigenvalue weighted by Gasteiger charge is 2.18. The molecule has 0 fully saturated rings. The molecule has 0 spiro atoms. The molecule has 22 heavy (non-hydrogen) atoms. The number of aromatic amines is 1. The van der Waals surface area contributed by atoms with Crippen molar-refractivity contribution in [1.29, 1.82) is 0 Å². The Morgan fingerprint density at radius 2 is 2.05 bits per heavy atom. The second kappa shape index (κ2) is 5.69. The van der Waals surface area contributed by atoms with Crippen LogP contribution in [-0.2, 0) is 6.54 Å². The third kappa shape index (κ3) is 2.62. The van der Waals surface area contributed by atoms with E-state index in [9.17, 15) is 9.59 Å². The minimum atomic E-state index is -0.204. The fourth-order valence-corrected chi connectivity index (χ4v) is 3.38. The van der Waals surface area contributed by atoms with Gasteiger partial charge in [0.15, 0.2) is 0 Å². The van der Waals surface area contributed by atoms with E-state index in [-0.39, 0.29) is 11.5 Å². The number of rotatable bonds is 3. The topological polar surface area (TPSA) is 87.7 Å². The van der Waals surface area contributed by atoms with Crippen molar-refractivity contribution in [2.45, 2.75) is 20.4 Å². The summed E-state index contributed by atoms with van der Waals surface area (Å²) < 4.78 is 0. The largest absolute Gasteiger partial charge is 0.347 e. The Balaban J connectivity index is 1.90.